The second-order valence-electron chi connectivity index (χ2n) is 2.92. The van der Waals surface area contributed by atoms with Gasteiger partial charge < -0.3 is 15.6 Å². The monoisotopic (exact) mass is 172 g/mol. The highest BCUT2D eigenvalue weighted by atomic mass is 15.2. The van der Waals surface area contributed by atoms with Crippen LogP contribution in [0.5, 0.6) is 0 Å². The predicted octanol–water partition coefficient (Wildman–Crippen LogP) is 2.21. The predicted molar refractivity (Wildman–Crippen MR) is 51.6 cm³/mol. The van der Waals surface area contributed by atoms with Crippen molar-refractivity contribution >= 4 is 23.0 Å². The van der Waals surface area contributed by atoms with E-state index in [0.29, 0.717) is 0 Å². The number of nitrogens with one attached hydrogen (secondary N) is 3. The number of para-hydroxylation sites is 2. The number of aromatic nitrogens is 2. The molecule has 1 aliphatic heterocycles. The van der Waals surface area contributed by atoms with Crippen molar-refractivity contribution in [2.45, 2.75) is 0 Å². The van der Waals surface area contributed by atoms with Gasteiger partial charge in [0.2, 0.25) is 0 Å². The van der Waals surface area contributed by atoms with E-state index in [1.54, 1.807) is 6.33 Å². The Labute approximate surface area is 75.0 Å². The highest BCUT2D eigenvalue weighted by Gasteiger charge is 2.14. The van der Waals surface area contributed by atoms with Crippen LogP contribution in [0.1, 0.15) is 0 Å². The Hall–Kier alpha value is -1.97. The molecule has 2 heterocycles. The third kappa shape index (κ3) is 0.885. The normalized spacial score (nSPS) is 12.3. The summed E-state index contributed by atoms with van der Waals surface area (Å²) in [6.07, 6.45) is 1.66. The van der Waals surface area contributed by atoms with E-state index in [-0.39, 0.29) is 0 Å². The Morgan fingerprint density at radius 2 is 1.77 bits per heavy atom. The van der Waals surface area contributed by atoms with Gasteiger partial charge >= 0.3 is 0 Å². The highest BCUT2D eigenvalue weighted by molar-refractivity contribution is 5.86. The molecule has 0 amide bonds. The number of nitrogens with zero attached hydrogens (tertiary/aromatic N) is 1. The van der Waals surface area contributed by atoms with E-state index < -0.39 is 0 Å². The van der Waals surface area contributed by atoms with E-state index in [1.165, 1.54) is 0 Å². The van der Waals surface area contributed by atoms with E-state index in [1.807, 2.05) is 24.3 Å². The minimum atomic E-state index is 0.846. The van der Waals surface area contributed by atoms with Crippen LogP contribution in [0.25, 0.3) is 0 Å². The summed E-state index contributed by atoms with van der Waals surface area (Å²) in [6, 6.07) is 8.02. The van der Waals surface area contributed by atoms with Gasteiger partial charge in [-0.05, 0) is 12.1 Å². The van der Waals surface area contributed by atoms with Gasteiger partial charge in [-0.3, -0.25) is 0 Å². The van der Waals surface area contributed by atoms with Crippen molar-refractivity contribution in [1.82, 2.24) is 9.97 Å². The summed E-state index contributed by atoms with van der Waals surface area (Å²) in [4.78, 5) is 7.14. The van der Waals surface area contributed by atoms with Gasteiger partial charge in [-0.1, -0.05) is 12.1 Å². The van der Waals surface area contributed by atoms with Gasteiger partial charge in [-0.2, -0.15) is 0 Å². The summed E-state index contributed by atoms with van der Waals surface area (Å²) in [5.74, 6) is 1.76. The molecule has 0 bridgehead atoms. The molecule has 4 nitrogen and oxygen atoms in total. The summed E-state index contributed by atoms with van der Waals surface area (Å²) in [5, 5.41) is 6.46. The summed E-state index contributed by atoms with van der Waals surface area (Å²) >= 11 is 0. The molecule has 2 aromatic rings. The van der Waals surface area contributed by atoms with Gasteiger partial charge in [0.05, 0.1) is 17.7 Å². The maximum absolute atomic E-state index is 4.13. The van der Waals surface area contributed by atoms with Crippen molar-refractivity contribution in [3.63, 3.8) is 0 Å². The topological polar surface area (TPSA) is 52.7 Å². The van der Waals surface area contributed by atoms with E-state index in [0.717, 1.165) is 23.0 Å². The zero-order valence-electron chi connectivity index (χ0n) is 6.83. The zero-order valence-corrected chi connectivity index (χ0v) is 6.83. The average molecular weight is 172 g/mol. The van der Waals surface area contributed by atoms with Crippen molar-refractivity contribution in [1.29, 1.82) is 0 Å². The van der Waals surface area contributed by atoms with Gasteiger partial charge in [0, 0.05) is 0 Å². The molecule has 1 aromatic heterocycles. The van der Waals surface area contributed by atoms with Crippen molar-refractivity contribution in [3.05, 3.63) is 30.6 Å². The zero-order chi connectivity index (χ0) is 8.67. The summed E-state index contributed by atoms with van der Waals surface area (Å²) in [6.45, 7) is 0. The molecule has 0 spiro atoms. The number of aromatic amines is 1. The van der Waals surface area contributed by atoms with Crippen LogP contribution in [-0.2, 0) is 0 Å². The van der Waals surface area contributed by atoms with Crippen molar-refractivity contribution in [2.75, 3.05) is 10.6 Å². The fourth-order valence-corrected chi connectivity index (χ4v) is 1.45. The second kappa shape index (κ2) is 2.26. The van der Waals surface area contributed by atoms with Crippen LogP contribution in [0.3, 0.4) is 0 Å². The molecule has 4 heteroatoms. The van der Waals surface area contributed by atoms with E-state index in [4.69, 9.17) is 0 Å². The Morgan fingerprint density at radius 3 is 2.62 bits per heavy atom. The van der Waals surface area contributed by atoms with Crippen LogP contribution in [0.4, 0.5) is 23.0 Å². The number of hydrogen-bond donors (Lipinski definition) is 3. The molecule has 3 N–H and O–H groups in total. The Kier molecular flexibility index (Phi) is 1.14. The summed E-state index contributed by atoms with van der Waals surface area (Å²) in [7, 11) is 0. The van der Waals surface area contributed by atoms with Crippen LogP contribution < -0.4 is 10.6 Å². The molecule has 0 unspecified atom stereocenters. The number of rotatable bonds is 0. The molecule has 0 radical (unpaired) electrons. The average Bonchev–Trinajstić information content (AvgIpc) is 2.61. The summed E-state index contributed by atoms with van der Waals surface area (Å²) in [5.41, 5.74) is 2.13. The lowest BCUT2D eigenvalue weighted by Crippen LogP contribution is -2.05. The van der Waals surface area contributed by atoms with Gasteiger partial charge in [0.25, 0.3) is 0 Å². The molecule has 64 valence electrons. The minimum absolute atomic E-state index is 0.846. The molecule has 1 aliphatic rings. The second-order valence-corrected chi connectivity index (χ2v) is 2.92. The maximum Gasteiger partial charge on any atom is 0.173 e. The molecule has 0 fully saturated rings. The van der Waals surface area contributed by atoms with Crippen molar-refractivity contribution in [2.24, 2.45) is 0 Å². The van der Waals surface area contributed by atoms with Crippen molar-refractivity contribution in [3.8, 4) is 0 Å². The fraction of sp³-hybridized carbons (Fsp3) is 0. The summed E-state index contributed by atoms with van der Waals surface area (Å²) < 4.78 is 0. The number of anilines is 4. The molecule has 0 saturated carbocycles. The van der Waals surface area contributed by atoms with Crippen LogP contribution in [0, 0.1) is 0 Å². The number of hydrogen-bond acceptors (Lipinski definition) is 3. The maximum atomic E-state index is 4.13. The molecule has 13 heavy (non-hydrogen) atoms. The lowest BCUT2D eigenvalue weighted by molar-refractivity contribution is 1.31. The van der Waals surface area contributed by atoms with Crippen molar-refractivity contribution < 1.29 is 0 Å². The molecule has 1 aromatic carbocycles. The van der Waals surface area contributed by atoms with Crippen LogP contribution in [0.15, 0.2) is 30.6 Å². The molecular weight excluding hydrogens is 164 g/mol. The largest absolute Gasteiger partial charge is 0.337 e. The first-order valence-corrected chi connectivity index (χ1v) is 4.10. The SMILES string of the molecule is c1ccc2c(c1)Nc1nc[nH]c1N2. The van der Waals surface area contributed by atoms with E-state index in [9.17, 15) is 0 Å². The number of benzene rings is 1. The number of imidazole rings is 1. The van der Waals surface area contributed by atoms with Crippen LogP contribution in [0.2, 0.25) is 0 Å². The smallest absolute Gasteiger partial charge is 0.173 e. The van der Waals surface area contributed by atoms with Gasteiger partial charge in [0.1, 0.15) is 0 Å². The first kappa shape index (κ1) is 6.54. The van der Waals surface area contributed by atoms with Gasteiger partial charge in [0.15, 0.2) is 11.6 Å². The highest BCUT2D eigenvalue weighted by Crippen LogP contribution is 2.35. The van der Waals surface area contributed by atoms with Gasteiger partial charge in [-0.25, -0.2) is 4.98 Å². The standard InChI is InChI=1S/C9H8N4/c1-2-4-7-6(3-1)12-8-9(13-7)11-5-10-8/h1-5,12-13H,(H,10,11). The minimum Gasteiger partial charge on any atom is -0.337 e. The third-order valence-corrected chi connectivity index (χ3v) is 2.08. The Bertz CT molecular complexity index is 407. The molecule has 3 rings (SSSR count). The molecule has 0 aliphatic carbocycles. The third-order valence-electron chi connectivity index (χ3n) is 2.08. The van der Waals surface area contributed by atoms with Crippen LogP contribution >= 0.6 is 0 Å². The first-order chi connectivity index (χ1) is 6.43. The molecular formula is C9H8N4. The van der Waals surface area contributed by atoms with Crippen LogP contribution in [-0.4, -0.2) is 9.97 Å². The van der Waals surface area contributed by atoms with E-state index in [2.05, 4.69) is 20.6 Å². The van der Waals surface area contributed by atoms with Gasteiger partial charge in [-0.15, -0.1) is 0 Å². The number of fused-ring (bicyclic) bond motifs is 2. The molecule has 0 atom stereocenters. The lowest BCUT2D eigenvalue weighted by atomic mass is 10.2. The Balaban J connectivity index is 2.14. The Morgan fingerprint density at radius 1 is 1.00 bits per heavy atom. The fourth-order valence-electron chi connectivity index (χ4n) is 1.45. The number of H-pyrrole nitrogens is 1. The quantitative estimate of drug-likeness (QED) is 0.487. The van der Waals surface area contributed by atoms with E-state index >= 15 is 0 Å². The lowest BCUT2D eigenvalue weighted by Gasteiger charge is -2.18. The first-order valence-electron chi connectivity index (χ1n) is 4.10. The molecule has 0 saturated heterocycles.